The number of hydrogen-bond acceptors (Lipinski definition) is 4. The molecule has 25 heavy (non-hydrogen) atoms. The normalized spacial score (nSPS) is 17.3. The van der Waals surface area contributed by atoms with Gasteiger partial charge in [-0.1, -0.05) is 18.2 Å². The van der Waals surface area contributed by atoms with E-state index in [0.717, 1.165) is 22.0 Å². The highest BCUT2D eigenvalue weighted by Gasteiger charge is 2.28. The number of nitrogens with zero attached hydrogens (tertiary/aromatic N) is 1. The van der Waals surface area contributed by atoms with E-state index < -0.39 is 18.5 Å². The minimum atomic E-state index is -4.14. The molecule has 1 aliphatic rings. The number of amides is 1. The van der Waals surface area contributed by atoms with Gasteiger partial charge in [0.05, 0.1) is 12.1 Å². The molecule has 3 N–H and O–H groups in total. The van der Waals surface area contributed by atoms with E-state index in [-0.39, 0.29) is 12.6 Å². The first-order valence-electron chi connectivity index (χ1n) is 8.01. The first-order chi connectivity index (χ1) is 11.8. The number of alkyl halides is 3. The van der Waals surface area contributed by atoms with Crippen LogP contribution in [0.4, 0.5) is 13.2 Å². The number of halogens is 3. The zero-order valence-electron chi connectivity index (χ0n) is 13.4. The van der Waals surface area contributed by atoms with E-state index in [1.54, 1.807) is 12.1 Å². The van der Waals surface area contributed by atoms with Crippen LogP contribution in [-0.2, 0) is 12.8 Å². The molecule has 3 rings (SSSR count). The third kappa shape index (κ3) is 4.38. The molecule has 8 heteroatoms. The van der Waals surface area contributed by atoms with Gasteiger partial charge in [0, 0.05) is 28.6 Å². The molecule has 1 aromatic heterocycles. The Morgan fingerprint density at radius 3 is 2.84 bits per heavy atom. The van der Waals surface area contributed by atoms with Crippen LogP contribution in [0.1, 0.15) is 33.8 Å². The highest BCUT2D eigenvalue weighted by Crippen LogP contribution is 2.34. The van der Waals surface area contributed by atoms with Crippen molar-refractivity contribution in [2.24, 2.45) is 5.73 Å². The van der Waals surface area contributed by atoms with Crippen molar-refractivity contribution in [1.82, 2.24) is 10.3 Å². The summed E-state index contributed by atoms with van der Waals surface area (Å²) in [5, 5.41) is 3.71. The van der Waals surface area contributed by atoms with Crippen molar-refractivity contribution >= 4 is 17.2 Å². The fraction of sp³-hybridized carbons (Fsp3) is 0.412. The highest BCUT2D eigenvalue weighted by atomic mass is 32.1. The Morgan fingerprint density at radius 2 is 2.12 bits per heavy atom. The molecule has 0 saturated carbocycles. The summed E-state index contributed by atoms with van der Waals surface area (Å²) < 4.78 is 36.8. The number of thiazole rings is 1. The number of primary amides is 1. The van der Waals surface area contributed by atoms with E-state index in [4.69, 9.17) is 5.73 Å². The van der Waals surface area contributed by atoms with Gasteiger partial charge in [-0.25, -0.2) is 4.98 Å². The molecule has 1 heterocycles. The number of benzene rings is 1. The van der Waals surface area contributed by atoms with E-state index in [0.29, 0.717) is 24.0 Å². The van der Waals surface area contributed by atoms with Crippen LogP contribution < -0.4 is 11.1 Å². The van der Waals surface area contributed by atoms with Gasteiger partial charge in [-0.05, 0) is 25.3 Å². The van der Waals surface area contributed by atoms with E-state index >= 15 is 0 Å². The second kappa shape index (κ2) is 7.13. The van der Waals surface area contributed by atoms with Gasteiger partial charge in [-0.2, -0.15) is 13.2 Å². The van der Waals surface area contributed by atoms with Gasteiger partial charge in [0.15, 0.2) is 0 Å². The Kier molecular flexibility index (Phi) is 5.10. The molecule has 0 bridgehead atoms. The van der Waals surface area contributed by atoms with Crippen molar-refractivity contribution in [2.75, 3.05) is 6.54 Å². The molecule has 0 saturated heterocycles. The monoisotopic (exact) mass is 369 g/mol. The molecule has 4 nitrogen and oxygen atoms in total. The second-order valence-corrected chi connectivity index (χ2v) is 7.14. The summed E-state index contributed by atoms with van der Waals surface area (Å²) in [7, 11) is 0. The average molecular weight is 369 g/mol. The fourth-order valence-electron chi connectivity index (χ4n) is 2.97. The molecule has 0 unspecified atom stereocenters. The lowest BCUT2D eigenvalue weighted by atomic mass is 9.97. The molecule has 0 spiro atoms. The molecule has 2 aromatic rings. The number of nitrogens with two attached hydrogens (primary N) is 1. The maximum atomic E-state index is 12.3. The standard InChI is InChI=1S/C17H18F3N3OS/c18-17(19,20)7-8-22-10-5-6-13-14(9-10)25-16(23-13)12-4-2-1-3-11(12)15(21)24/h1-4,10,22H,5-9H2,(H2,21,24)/t10-/m0/s1. The zero-order chi connectivity index (χ0) is 18.0. The summed E-state index contributed by atoms with van der Waals surface area (Å²) in [5.74, 6) is -0.504. The van der Waals surface area contributed by atoms with E-state index in [9.17, 15) is 18.0 Å². The number of nitrogens with one attached hydrogen (secondary N) is 1. The molecular formula is C17H18F3N3OS. The van der Waals surface area contributed by atoms with Crippen molar-refractivity contribution in [3.05, 3.63) is 40.4 Å². The van der Waals surface area contributed by atoms with E-state index in [1.807, 2.05) is 12.1 Å². The minimum absolute atomic E-state index is 0.0227. The van der Waals surface area contributed by atoms with Crippen molar-refractivity contribution in [3.63, 3.8) is 0 Å². The van der Waals surface area contributed by atoms with Gasteiger partial charge < -0.3 is 11.1 Å². The number of rotatable bonds is 5. The molecule has 0 aliphatic heterocycles. The van der Waals surface area contributed by atoms with Gasteiger partial charge in [-0.3, -0.25) is 4.79 Å². The fourth-order valence-corrected chi connectivity index (χ4v) is 4.19. The largest absolute Gasteiger partial charge is 0.390 e. The molecule has 1 amide bonds. The Hall–Kier alpha value is -1.93. The highest BCUT2D eigenvalue weighted by molar-refractivity contribution is 7.15. The Balaban J connectivity index is 1.72. The Morgan fingerprint density at radius 1 is 1.36 bits per heavy atom. The van der Waals surface area contributed by atoms with Crippen LogP contribution in [0.5, 0.6) is 0 Å². The van der Waals surface area contributed by atoms with E-state index in [1.165, 1.54) is 11.3 Å². The summed E-state index contributed by atoms with van der Waals surface area (Å²) in [6.45, 7) is -0.0698. The maximum absolute atomic E-state index is 12.3. The first kappa shape index (κ1) is 17.9. The number of fused-ring (bicyclic) bond motifs is 1. The smallest absolute Gasteiger partial charge is 0.366 e. The molecule has 0 radical (unpaired) electrons. The predicted octanol–water partition coefficient (Wildman–Crippen LogP) is 3.31. The number of aromatic nitrogens is 1. The first-order valence-corrected chi connectivity index (χ1v) is 8.83. The topological polar surface area (TPSA) is 68.0 Å². The molecule has 1 aliphatic carbocycles. The van der Waals surface area contributed by atoms with Crippen LogP contribution in [0.25, 0.3) is 10.6 Å². The Bertz CT molecular complexity index is 773. The molecule has 1 aromatic carbocycles. The number of hydrogen-bond donors (Lipinski definition) is 2. The van der Waals surface area contributed by atoms with Gasteiger partial charge in [0.2, 0.25) is 5.91 Å². The second-order valence-electron chi connectivity index (χ2n) is 6.06. The summed E-state index contributed by atoms with van der Waals surface area (Å²) in [6, 6.07) is 7.07. The number of carbonyl (C=O) groups excluding carboxylic acids is 1. The molecule has 1 atom stereocenters. The lowest BCUT2D eigenvalue weighted by Gasteiger charge is -2.22. The lowest BCUT2D eigenvalue weighted by Crippen LogP contribution is -2.36. The van der Waals surface area contributed by atoms with Crippen molar-refractivity contribution < 1.29 is 18.0 Å². The average Bonchev–Trinajstić information content (AvgIpc) is 2.96. The SMILES string of the molecule is NC(=O)c1ccccc1-c1nc2c(s1)C[C@@H](NCCC(F)(F)F)CC2. The predicted molar refractivity (Wildman–Crippen MR) is 90.6 cm³/mol. The van der Waals surface area contributed by atoms with Crippen molar-refractivity contribution in [2.45, 2.75) is 37.9 Å². The van der Waals surface area contributed by atoms with Gasteiger partial charge in [0.1, 0.15) is 5.01 Å². The lowest BCUT2D eigenvalue weighted by molar-refractivity contribution is -0.133. The third-order valence-corrected chi connectivity index (χ3v) is 5.36. The third-order valence-electron chi connectivity index (χ3n) is 4.20. The van der Waals surface area contributed by atoms with Gasteiger partial charge >= 0.3 is 6.18 Å². The van der Waals surface area contributed by atoms with Crippen LogP contribution in [0.3, 0.4) is 0 Å². The van der Waals surface area contributed by atoms with Crippen molar-refractivity contribution in [1.29, 1.82) is 0 Å². The Labute approximate surface area is 147 Å². The van der Waals surface area contributed by atoms with Gasteiger partial charge in [0.25, 0.3) is 0 Å². The van der Waals surface area contributed by atoms with Crippen LogP contribution in [0.15, 0.2) is 24.3 Å². The number of carbonyl (C=O) groups is 1. The minimum Gasteiger partial charge on any atom is -0.366 e. The zero-order valence-corrected chi connectivity index (χ0v) is 14.2. The summed E-state index contributed by atoms with van der Waals surface area (Å²) in [5.41, 5.74) is 7.52. The van der Waals surface area contributed by atoms with Crippen LogP contribution in [0.2, 0.25) is 0 Å². The summed E-state index contributed by atoms with van der Waals surface area (Å²) in [4.78, 5) is 17.3. The van der Waals surface area contributed by atoms with Crippen LogP contribution in [0, 0.1) is 0 Å². The molecule has 0 fully saturated rings. The van der Waals surface area contributed by atoms with Crippen LogP contribution in [-0.4, -0.2) is 29.7 Å². The van der Waals surface area contributed by atoms with Gasteiger partial charge in [-0.15, -0.1) is 11.3 Å². The molecule has 134 valence electrons. The maximum Gasteiger partial charge on any atom is 0.390 e. The van der Waals surface area contributed by atoms with E-state index in [2.05, 4.69) is 10.3 Å². The quantitative estimate of drug-likeness (QED) is 0.850. The van der Waals surface area contributed by atoms with Crippen molar-refractivity contribution in [3.8, 4) is 10.6 Å². The summed E-state index contributed by atoms with van der Waals surface area (Å²) in [6.07, 6.45) is -2.83. The number of aryl methyl sites for hydroxylation is 1. The van der Waals surface area contributed by atoms with Crippen LogP contribution >= 0.6 is 11.3 Å². The molecular weight excluding hydrogens is 351 g/mol. The summed E-state index contributed by atoms with van der Waals surface area (Å²) >= 11 is 1.48.